The third kappa shape index (κ3) is 4.12. The number of rotatable bonds is 5. The third-order valence-electron chi connectivity index (χ3n) is 3.44. The summed E-state index contributed by atoms with van der Waals surface area (Å²) in [5, 5.41) is 7.06. The van der Waals surface area contributed by atoms with Gasteiger partial charge in [0.25, 0.3) is 0 Å². The summed E-state index contributed by atoms with van der Waals surface area (Å²) in [7, 11) is 0. The Morgan fingerprint density at radius 2 is 2.25 bits per heavy atom. The average molecular weight is 296 g/mol. The largest absolute Gasteiger partial charge is 0.369 e. The highest BCUT2D eigenvalue weighted by Crippen LogP contribution is 2.25. The van der Waals surface area contributed by atoms with Crippen LogP contribution in [0.15, 0.2) is 18.2 Å². The first-order valence-electron chi connectivity index (χ1n) is 7.21. The van der Waals surface area contributed by atoms with Crippen LogP contribution in [-0.2, 0) is 11.3 Å². The molecule has 0 bridgehead atoms. The second kappa shape index (κ2) is 7.50. The highest BCUT2D eigenvalue weighted by Gasteiger charge is 2.16. The zero-order chi connectivity index (χ0) is 14.4. The molecule has 0 radical (unpaired) electrons. The van der Waals surface area contributed by atoms with Gasteiger partial charge < -0.3 is 15.5 Å². The van der Waals surface area contributed by atoms with E-state index in [0.29, 0.717) is 13.0 Å². The first-order valence-corrected chi connectivity index (χ1v) is 7.59. The van der Waals surface area contributed by atoms with E-state index in [1.807, 2.05) is 12.1 Å². The second-order valence-corrected chi connectivity index (χ2v) is 5.47. The molecule has 1 fully saturated rings. The van der Waals surface area contributed by atoms with Crippen molar-refractivity contribution in [3.8, 4) is 0 Å². The van der Waals surface area contributed by atoms with E-state index in [1.54, 1.807) is 0 Å². The van der Waals surface area contributed by atoms with Gasteiger partial charge in [0.15, 0.2) is 0 Å². The molecule has 1 saturated heterocycles. The molecule has 4 nitrogen and oxygen atoms in total. The van der Waals surface area contributed by atoms with Crippen molar-refractivity contribution < 1.29 is 4.79 Å². The van der Waals surface area contributed by atoms with Crippen LogP contribution in [0.5, 0.6) is 0 Å². The predicted octanol–water partition coefficient (Wildman–Crippen LogP) is 2.17. The zero-order valence-corrected chi connectivity index (χ0v) is 12.7. The van der Waals surface area contributed by atoms with E-state index in [0.717, 1.165) is 43.3 Å². The number of benzene rings is 1. The monoisotopic (exact) mass is 295 g/mol. The minimum Gasteiger partial charge on any atom is -0.369 e. The Labute approximate surface area is 125 Å². The Kier molecular flexibility index (Phi) is 5.68. The number of nitrogens with one attached hydrogen (secondary N) is 2. The maximum Gasteiger partial charge on any atom is 0.221 e. The normalized spacial score (nSPS) is 15.9. The summed E-state index contributed by atoms with van der Waals surface area (Å²) in [4.78, 5) is 13.7. The zero-order valence-electron chi connectivity index (χ0n) is 11.9. The van der Waals surface area contributed by atoms with Crippen molar-refractivity contribution in [2.45, 2.75) is 26.3 Å². The summed E-state index contributed by atoms with van der Waals surface area (Å²) >= 11 is 6.14. The predicted molar refractivity (Wildman–Crippen MR) is 83.3 cm³/mol. The number of hydrogen-bond acceptors (Lipinski definition) is 3. The Hall–Kier alpha value is -1.26. The van der Waals surface area contributed by atoms with Gasteiger partial charge in [-0.2, -0.15) is 0 Å². The van der Waals surface area contributed by atoms with Crippen LogP contribution >= 0.6 is 11.6 Å². The molecule has 0 saturated carbocycles. The van der Waals surface area contributed by atoms with Gasteiger partial charge in [0.1, 0.15) is 0 Å². The number of carbonyl (C=O) groups excluding carboxylic acids is 1. The van der Waals surface area contributed by atoms with Gasteiger partial charge in [-0.25, -0.2) is 0 Å². The van der Waals surface area contributed by atoms with E-state index in [1.165, 1.54) is 5.56 Å². The minimum absolute atomic E-state index is 0.125. The van der Waals surface area contributed by atoms with Crippen LogP contribution in [0, 0.1) is 0 Å². The SMILES string of the molecule is CCCNCc1ccc(Cl)cc1N1CCNC(=O)CC1. The smallest absolute Gasteiger partial charge is 0.221 e. The summed E-state index contributed by atoms with van der Waals surface area (Å²) in [5.41, 5.74) is 2.37. The Balaban J connectivity index is 2.14. The minimum atomic E-state index is 0.125. The van der Waals surface area contributed by atoms with E-state index >= 15 is 0 Å². The lowest BCUT2D eigenvalue weighted by Crippen LogP contribution is -2.29. The highest BCUT2D eigenvalue weighted by molar-refractivity contribution is 6.30. The van der Waals surface area contributed by atoms with E-state index in [4.69, 9.17) is 11.6 Å². The molecule has 0 spiro atoms. The number of halogens is 1. The van der Waals surface area contributed by atoms with Gasteiger partial charge in [0.2, 0.25) is 5.91 Å². The fraction of sp³-hybridized carbons (Fsp3) is 0.533. The quantitative estimate of drug-likeness (QED) is 0.818. The molecule has 110 valence electrons. The summed E-state index contributed by atoms with van der Waals surface area (Å²) in [6.45, 7) is 6.25. The molecule has 0 aliphatic carbocycles. The third-order valence-corrected chi connectivity index (χ3v) is 3.68. The first kappa shape index (κ1) is 15.1. The van der Waals surface area contributed by atoms with Crippen LogP contribution in [0.1, 0.15) is 25.3 Å². The van der Waals surface area contributed by atoms with Crippen LogP contribution in [-0.4, -0.2) is 32.1 Å². The molecule has 5 heteroatoms. The Morgan fingerprint density at radius 3 is 3.05 bits per heavy atom. The number of nitrogens with zero attached hydrogens (tertiary/aromatic N) is 1. The number of carbonyl (C=O) groups is 1. The highest BCUT2D eigenvalue weighted by atomic mass is 35.5. The van der Waals surface area contributed by atoms with Gasteiger partial charge >= 0.3 is 0 Å². The molecule has 1 heterocycles. The summed E-state index contributed by atoms with van der Waals surface area (Å²) in [6.07, 6.45) is 1.65. The molecule has 20 heavy (non-hydrogen) atoms. The van der Waals surface area contributed by atoms with Crippen molar-refractivity contribution in [1.29, 1.82) is 0 Å². The van der Waals surface area contributed by atoms with Gasteiger partial charge in [-0.1, -0.05) is 24.6 Å². The van der Waals surface area contributed by atoms with Crippen LogP contribution in [0.3, 0.4) is 0 Å². The number of amides is 1. The van der Waals surface area contributed by atoms with Crippen molar-refractivity contribution >= 4 is 23.2 Å². The van der Waals surface area contributed by atoms with Gasteiger partial charge in [-0.05, 0) is 30.7 Å². The standard InChI is InChI=1S/C15H22ClN3O/c1-2-6-17-11-12-3-4-13(16)10-14(12)19-8-5-15(20)18-7-9-19/h3-4,10,17H,2,5-9,11H2,1H3,(H,18,20). The number of anilines is 1. The molecule has 1 aromatic rings. The van der Waals surface area contributed by atoms with Crippen LogP contribution in [0.4, 0.5) is 5.69 Å². The lowest BCUT2D eigenvalue weighted by atomic mass is 10.1. The van der Waals surface area contributed by atoms with E-state index in [-0.39, 0.29) is 5.91 Å². The van der Waals surface area contributed by atoms with Crippen LogP contribution < -0.4 is 15.5 Å². The molecule has 0 atom stereocenters. The van der Waals surface area contributed by atoms with Crippen molar-refractivity contribution in [1.82, 2.24) is 10.6 Å². The molecule has 1 aliphatic rings. The van der Waals surface area contributed by atoms with Gasteiger partial charge in [0, 0.05) is 43.3 Å². The molecule has 1 aromatic carbocycles. The van der Waals surface area contributed by atoms with Crippen molar-refractivity contribution in [3.63, 3.8) is 0 Å². The second-order valence-electron chi connectivity index (χ2n) is 5.04. The summed E-state index contributed by atoms with van der Waals surface area (Å²) in [5.74, 6) is 0.125. The van der Waals surface area contributed by atoms with Gasteiger partial charge in [-0.15, -0.1) is 0 Å². The molecule has 1 aliphatic heterocycles. The van der Waals surface area contributed by atoms with Crippen LogP contribution in [0.2, 0.25) is 5.02 Å². The Morgan fingerprint density at radius 1 is 1.40 bits per heavy atom. The summed E-state index contributed by atoms with van der Waals surface area (Å²) in [6, 6.07) is 6.00. The maximum atomic E-state index is 11.4. The molecule has 0 aromatic heterocycles. The molecular formula is C15H22ClN3O. The topological polar surface area (TPSA) is 44.4 Å². The lowest BCUT2D eigenvalue weighted by Gasteiger charge is -2.25. The van der Waals surface area contributed by atoms with E-state index in [9.17, 15) is 4.79 Å². The van der Waals surface area contributed by atoms with Gasteiger partial charge in [-0.3, -0.25) is 4.79 Å². The van der Waals surface area contributed by atoms with Crippen molar-refractivity contribution in [2.75, 3.05) is 31.1 Å². The average Bonchev–Trinajstić information content (AvgIpc) is 2.65. The first-order chi connectivity index (χ1) is 9.70. The van der Waals surface area contributed by atoms with Crippen molar-refractivity contribution in [2.24, 2.45) is 0 Å². The van der Waals surface area contributed by atoms with Gasteiger partial charge in [0.05, 0.1) is 0 Å². The molecular weight excluding hydrogens is 274 g/mol. The fourth-order valence-corrected chi connectivity index (χ4v) is 2.55. The fourth-order valence-electron chi connectivity index (χ4n) is 2.39. The van der Waals surface area contributed by atoms with E-state index < -0.39 is 0 Å². The van der Waals surface area contributed by atoms with Crippen LogP contribution in [0.25, 0.3) is 0 Å². The molecule has 2 rings (SSSR count). The number of hydrogen-bond donors (Lipinski definition) is 2. The Bertz CT molecular complexity index is 464. The molecule has 1 amide bonds. The van der Waals surface area contributed by atoms with E-state index in [2.05, 4.69) is 28.5 Å². The summed E-state index contributed by atoms with van der Waals surface area (Å²) < 4.78 is 0. The molecule has 0 unspecified atom stereocenters. The molecule has 2 N–H and O–H groups in total. The maximum absolute atomic E-state index is 11.4. The van der Waals surface area contributed by atoms with Crippen molar-refractivity contribution in [3.05, 3.63) is 28.8 Å². The lowest BCUT2D eigenvalue weighted by molar-refractivity contribution is -0.120.